The second-order valence-electron chi connectivity index (χ2n) is 5.52. The molecule has 0 bridgehead atoms. The lowest BCUT2D eigenvalue weighted by Gasteiger charge is -2.37. The van der Waals surface area contributed by atoms with E-state index in [9.17, 15) is 5.11 Å². The van der Waals surface area contributed by atoms with Gasteiger partial charge in [0.2, 0.25) is 0 Å². The zero-order valence-electron chi connectivity index (χ0n) is 11.6. The lowest BCUT2D eigenvalue weighted by atomic mass is 9.85. The number of hydrogen-bond donors (Lipinski definition) is 1. The summed E-state index contributed by atoms with van der Waals surface area (Å²) in [6, 6.07) is 6.15. The summed E-state index contributed by atoms with van der Waals surface area (Å²) in [6.45, 7) is 4.00. The molecule has 1 aromatic rings. The monoisotopic (exact) mass is 249 g/mol. The molecule has 1 aliphatic rings. The molecule has 1 aliphatic heterocycles. The highest BCUT2D eigenvalue weighted by Gasteiger charge is 2.32. The lowest BCUT2D eigenvalue weighted by Crippen LogP contribution is -2.44. The van der Waals surface area contributed by atoms with E-state index >= 15 is 0 Å². The Balaban J connectivity index is 2.15. The Bertz CT molecular complexity index is 409. The van der Waals surface area contributed by atoms with E-state index in [2.05, 4.69) is 24.9 Å². The number of aryl methyl sites for hydroxylation is 1. The molecule has 0 unspecified atom stereocenters. The lowest BCUT2D eigenvalue weighted by molar-refractivity contribution is -0.0154. The number of benzene rings is 1. The standard InChI is InChI=1S/C15H23NO2/c1-12-4-5-14(18-3)13(10-12)11-15(17)6-8-16(2)9-7-15/h4-5,10,17H,6-9,11H2,1-3H3. The minimum Gasteiger partial charge on any atom is -0.496 e. The molecule has 1 N–H and O–H groups in total. The molecule has 100 valence electrons. The van der Waals surface area contributed by atoms with Crippen LogP contribution in [-0.4, -0.2) is 42.9 Å². The first-order valence-electron chi connectivity index (χ1n) is 6.57. The van der Waals surface area contributed by atoms with Crippen molar-refractivity contribution in [3.05, 3.63) is 29.3 Å². The van der Waals surface area contributed by atoms with Crippen molar-refractivity contribution in [1.82, 2.24) is 4.90 Å². The largest absolute Gasteiger partial charge is 0.496 e. The van der Waals surface area contributed by atoms with Gasteiger partial charge in [-0.05, 0) is 38.4 Å². The van der Waals surface area contributed by atoms with Crippen LogP contribution in [-0.2, 0) is 6.42 Å². The number of ether oxygens (including phenoxy) is 1. The average Bonchev–Trinajstić information content (AvgIpc) is 2.34. The molecule has 18 heavy (non-hydrogen) atoms. The number of rotatable bonds is 3. The third kappa shape index (κ3) is 3.03. The predicted octanol–water partition coefficient (Wildman–Crippen LogP) is 2.00. The normalized spacial score (nSPS) is 19.8. The molecular weight excluding hydrogens is 226 g/mol. The van der Waals surface area contributed by atoms with Crippen molar-refractivity contribution < 1.29 is 9.84 Å². The maximum atomic E-state index is 10.7. The summed E-state index contributed by atoms with van der Waals surface area (Å²) in [5.74, 6) is 0.882. The minimum atomic E-state index is -0.576. The second kappa shape index (κ2) is 5.29. The molecule has 3 heteroatoms. The summed E-state index contributed by atoms with van der Waals surface area (Å²) >= 11 is 0. The maximum absolute atomic E-state index is 10.7. The van der Waals surface area contributed by atoms with Gasteiger partial charge in [-0.2, -0.15) is 0 Å². The fourth-order valence-corrected chi connectivity index (χ4v) is 2.61. The van der Waals surface area contributed by atoms with Crippen LogP contribution < -0.4 is 4.74 Å². The Hall–Kier alpha value is -1.06. The molecular formula is C15H23NO2. The van der Waals surface area contributed by atoms with Crippen molar-refractivity contribution in [3.63, 3.8) is 0 Å². The molecule has 1 saturated heterocycles. The molecule has 0 spiro atoms. The van der Waals surface area contributed by atoms with E-state index in [1.807, 2.05) is 12.1 Å². The smallest absolute Gasteiger partial charge is 0.122 e. The summed E-state index contributed by atoms with van der Waals surface area (Å²) in [4.78, 5) is 2.27. The number of hydrogen-bond acceptors (Lipinski definition) is 3. The average molecular weight is 249 g/mol. The highest BCUT2D eigenvalue weighted by Crippen LogP contribution is 2.30. The van der Waals surface area contributed by atoms with Gasteiger partial charge in [-0.3, -0.25) is 0 Å². The molecule has 0 aliphatic carbocycles. The first kappa shape index (κ1) is 13.4. The zero-order valence-corrected chi connectivity index (χ0v) is 11.6. The molecule has 0 radical (unpaired) electrons. The molecule has 1 aromatic carbocycles. The van der Waals surface area contributed by atoms with Crippen molar-refractivity contribution in [2.75, 3.05) is 27.2 Å². The SMILES string of the molecule is COc1ccc(C)cc1CC1(O)CCN(C)CC1. The third-order valence-corrected chi connectivity index (χ3v) is 3.87. The Morgan fingerprint density at radius 3 is 2.61 bits per heavy atom. The predicted molar refractivity (Wildman–Crippen MR) is 73.1 cm³/mol. The Labute approximate surface area is 109 Å². The molecule has 0 aromatic heterocycles. The molecule has 1 fully saturated rings. The first-order valence-corrected chi connectivity index (χ1v) is 6.57. The van der Waals surface area contributed by atoms with Gasteiger partial charge in [-0.25, -0.2) is 0 Å². The summed E-state index contributed by atoms with van der Waals surface area (Å²) < 4.78 is 5.39. The van der Waals surface area contributed by atoms with Crippen LogP contribution in [0.25, 0.3) is 0 Å². The van der Waals surface area contributed by atoms with Gasteiger partial charge in [0.15, 0.2) is 0 Å². The van der Waals surface area contributed by atoms with Gasteiger partial charge in [0.05, 0.1) is 12.7 Å². The van der Waals surface area contributed by atoms with Gasteiger partial charge in [-0.15, -0.1) is 0 Å². The van der Waals surface area contributed by atoms with Gasteiger partial charge in [0, 0.05) is 19.5 Å². The molecule has 1 heterocycles. The quantitative estimate of drug-likeness (QED) is 0.889. The highest BCUT2D eigenvalue weighted by molar-refractivity contribution is 5.38. The van der Waals surface area contributed by atoms with E-state index in [0.29, 0.717) is 6.42 Å². The van der Waals surface area contributed by atoms with E-state index in [0.717, 1.165) is 37.2 Å². The minimum absolute atomic E-state index is 0.576. The van der Waals surface area contributed by atoms with E-state index < -0.39 is 5.60 Å². The van der Waals surface area contributed by atoms with Crippen LogP contribution in [0.3, 0.4) is 0 Å². The zero-order chi connectivity index (χ0) is 13.2. The number of piperidine rings is 1. The topological polar surface area (TPSA) is 32.7 Å². The fourth-order valence-electron chi connectivity index (χ4n) is 2.61. The van der Waals surface area contributed by atoms with E-state index in [4.69, 9.17) is 4.74 Å². The van der Waals surface area contributed by atoms with Crippen LogP contribution in [0, 0.1) is 6.92 Å². The summed E-state index contributed by atoms with van der Waals surface area (Å²) in [7, 11) is 3.79. The van der Waals surface area contributed by atoms with Crippen LogP contribution in [0.15, 0.2) is 18.2 Å². The van der Waals surface area contributed by atoms with Crippen LogP contribution in [0.2, 0.25) is 0 Å². The van der Waals surface area contributed by atoms with Crippen LogP contribution in [0.1, 0.15) is 24.0 Å². The summed E-state index contributed by atoms with van der Waals surface area (Å²) in [5, 5.41) is 10.7. The van der Waals surface area contributed by atoms with Crippen LogP contribution >= 0.6 is 0 Å². The number of aliphatic hydroxyl groups is 1. The molecule has 3 nitrogen and oxygen atoms in total. The van der Waals surface area contributed by atoms with Crippen molar-refractivity contribution in [3.8, 4) is 5.75 Å². The third-order valence-electron chi connectivity index (χ3n) is 3.87. The van der Waals surface area contributed by atoms with Crippen molar-refractivity contribution in [2.45, 2.75) is 31.8 Å². The Kier molecular flexibility index (Phi) is 3.93. The summed E-state index contributed by atoms with van der Waals surface area (Å²) in [6.07, 6.45) is 2.35. The van der Waals surface area contributed by atoms with Crippen molar-refractivity contribution in [2.24, 2.45) is 0 Å². The van der Waals surface area contributed by atoms with Crippen molar-refractivity contribution >= 4 is 0 Å². The van der Waals surface area contributed by atoms with E-state index in [1.165, 1.54) is 5.56 Å². The first-order chi connectivity index (χ1) is 8.52. The van der Waals surface area contributed by atoms with E-state index in [1.54, 1.807) is 7.11 Å². The molecule has 0 amide bonds. The van der Waals surface area contributed by atoms with Gasteiger partial charge in [-0.1, -0.05) is 17.7 Å². The van der Waals surface area contributed by atoms with Crippen LogP contribution in [0.4, 0.5) is 0 Å². The van der Waals surface area contributed by atoms with Crippen molar-refractivity contribution in [1.29, 1.82) is 0 Å². The second-order valence-corrected chi connectivity index (χ2v) is 5.52. The molecule has 0 saturated carbocycles. The van der Waals surface area contributed by atoms with Gasteiger partial charge >= 0.3 is 0 Å². The van der Waals surface area contributed by atoms with Gasteiger partial charge < -0.3 is 14.7 Å². The van der Waals surface area contributed by atoms with E-state index in [-0.39, 0.29) is 0 Å². The molecule has 2 rings (SSSR count). The number of likely N-dealkylation sites (tertiary alicyclic amines) is 1. The molecule has 0 atom stereocenters. The van der Waals surface area contributed by atoms with Gasteiger partial charge in [0.1, 0.15) is 5.75 Å². The van der Waals surface area contributed by atoms with Gasteiger partial charge in [0.25, 0.3) is 0 Å². The maximum Gasteiger partial charge on any atom is 0.122 e. The summed E-state index contributed by atoms with van der Waals surface area (Å²) in [5.41, 5.74) is 1.75. The Morgan fingerprint density at radius 1 is 1.33 bits per heavy atom. The number of nitrogens with zero attached hydrogens (tertiary/aromatic N) is 1. The number of methoxy groups -OCH3 is 1. The Morgan fingerprint density at radius 2 is 2.00 bits per heavy atom. The highest BCUT2D eigenvalue weighted by atomic mass is 16.5. The van der Waals surface area contributed by atoms with Crippen LogP contribution in [0.5, 0.6) is 5.75 Å². The fraction of sp³-hybridized carbons (Fsp3) is 0.600.